The van der Waals surface area contributed by atoms with Gasteiger partial charge in [0.25, 0.3) is 5.91 Å². The van der Waals surface area contributed by atoms with Gasteiger partial charge >= 0.3 is 0 Å². The second kappa shape index (κ2) is 6.53. The van der Waals surface area contributed by atoms with Crippen molar-refractivity contribution in [1.82, 2.24) is 15.2 Å². The van der Waals surface area contributed by atoms with Gasteiger partial charge in [0.15, 0.2) is 0 Å². The summed E-state index contributed by atoms with van der Waals surface area (Å²) in [7, 11) is 0. The lowest BCUT2D eigenvalue weighted by molar-refractivity contribution is 0.0935. The first kappa shape index (κ1) is 15.0. The average Bonchev–Trinajstić information content (AvgIpc) is 3.36. The number of nitrogens with zero attached hydrogens (tertiary/aromatic N) is 1. The molecule has 2 aromatic heterocycles. The largest absolute Gasteiger partial charge is 0.468 e. The molecule has 5 heteroatoms. The van der Waals surface area contributed by atoms with E-state index in [2.05, 4.69) is 15.2 Å². The number of rotatable bonds is 5. The number of aromatic nitrogens is 1. The topological polar surface area (TPSA) is 61.3 Å². The maximum absolute atomic E-state index is 12.6. The quantitative estimate of drug-likeness (QED) is 0.757. The number of amides is 1. The number of hydrogen-bond donors (Lipinski definition) is 2. The first-order valence-electron chi connectivity index (χ1n) is 8.45. The molecule has 1 amide bonds. The van der Waals surface area contributed by atoms with E-state index >= 15 is 0 Å². The maximum Gasteiger partial charge on any atom is 0.253 e. The molecule has 4 rings (SSSR count). The van der Waals surface area contributed by atoms with Crippen molar-refractivity contribution >= 4 is 16.8 Å². The van der Waals surface area contributed by atoms with Gasteiger partial charge in [0.1, 0.15) is 5.76 Å². The molecule has 1 aliphatic rings. The van der Waals surface area contributed by atoms with Crippen LogP contribution >= 0.6 is 0 Å². The zero-order valence-electron chi connectivity index (χ0n) is 13.5. The Labute approximate surface area is 140 Å². The van der Waals surface area contributed by atoms with Crippen molar-refractivity contribution < 1.29 is 9.21 Å². The number of aromatic amines is 1. The molecular weight excluding hydrogens is 302 g/mol. The van der Waals surface area contributed by atoms with Gasteiger partial charge < -0.3 is 14.7 Å². The lowest BCUT2D eigenvalue weighted by Gasteiger charge is -2.25. The van der Waals surface area contributed by atoms with Crippen molar-refractivity contribution in [3.8, 4) is 0 Å². The van der Waals surface area contributed by atoms with E-state index in [-0.39, 0.29) is 11.9 Å². The monoisotopic (exact) mass is 323 g/mol. The number of H-pyrrole nitrogens is 1. The molecule has 0 spiro atoms. The smallest absolute Gasteiger partial charge is 0.253 e. The SMILES string of the molecule is O=C(NC[C@@H](c1ccco1)N1CCCC1)c1c[nH]c2ccccc12. The number of para-hydroxylation sites is 1. The fourth-order valence-corrected chi connectivity index (χ4v) is 3.49. The van der Waals surface area contributed by atoms with Crippen molar-refractivity contribution in [2.75, 3.05) is 19.6 Å². The predicted molar refractivity (Wildman–Crippen MR) is 92.9 cm³/mol. The van der Waals surface area contributed by atoms with E-state index in [1.165, 1.54) is 12.8 Å². The molecule has 24 heavy (non-hydrogen) atoms. The molecule has 1 aromatic carbocycles. The van der Waals surface area contributed by atoms with Gasteiger partial charge in [-0.25, -0.2) is 0 Å². The van der Waals surface area contributed by atoms with Crippen LogP contribution in [0.3, 0.4) is 0 Å². The number of benzene rings is 1. The molecule has 0 unspecified atom stereocenters. The molecule has 1 atom stereocenters. The van der Waals surface area contributed by atoms with Gasteiger partial charge in [0, 0.05) is 23.6 Å². The molecule has 3 aromatic rings. The van der Waals surface area contributed by atoms with Crippen LogP contribution in [0.15, 0.2) is 53.3 Å². The molecule has 1 saturated heterocycles. The van der Waals surface area contributed by atoms with Crippen molar-refractivity contribution in [3.05, 3.63) is 60.2 Å². The van der Waals surface area contributed by atoms with E-state index in [1.54, 1.807) is 12.5 Å². The van der Waals surface area contributed by atoms with Crippen molar-refractivity contribution in [2.45, 2.75) is 18.9 Å². The fraction of sp³-hybridized carbons (Fsp3) is 0.316. The summed E-state index contributed by atoms with van der Waals surface area (Å²) in [4.78, 5) is 18.2. The second-order valence-electron chi connectivity index (χ2n) is 6.23. The number of fused-ring (bicyclic) bond motifs is 1. The summed E-state index contributed by atoms with van der Waals surface area (Å²) >= 11 is 0. The number of nitrogens with one attached hydrogen (secondary N) is 2. The molecular formula is C19H21N3O2. The van der Waals surface area contributed by atoms with Crippen LogP contribution < -0.4 is 5.32 Å². The van der Waals surface area contributed by atoms with Crippen molar-refractivity contribution in [3.63, 3.8) is 0 Å². The summed E-state index contributed by atoms with van der Waals surface area (Å²) in [6, 6.07) is 11.8. The van der Waals surface area contributed by atoms with Crippen LogP contribution in [0.1, 0.15) is 35.0 Å². The van der Waals surface area contributed by atoms with Gasteiger partial charge in [0.2, 0.25) is 0 Å². The second-order valence-corrected chi connectivity index (χ2v) is 6.23. The molecule has 1 fully saturated rings. The highest BCUT2D eigenvalue weighted by Gasteiger charge is 2.26. The first-order valence-corrected chi connectivity index (χ1v) is 8.45. The van der Waals surface area contributed by atoms with E-state index in [4.69, 9.17) is 4.42 Å². The summed E-state index contributed by atoms with van der Waals surface area (Å²) in [6.45, 7) is 2.65. The highest BCUT2D eigenvalue weighted by Crippen LogP contribution is 2.25. The Kier molecular flexibility index (Phi) is 4.09. The Balaban J connectivity index is 1.50. The van der Waals surface area contributed by atoms with E-state index in [9.17, 15) is 4.79 Å². The molecule has 0 saturated carbocycles. The Hall–Kier alpha value is -2.53. The van der Waals surface area contributed by atoms with Gasteiger partial charge in [-0.1, -0.05) is 18.2 Å². The van der Waals surface area contributed by atoms with Gasteiger partial charge in [0.05, 0.1) is 17.9 Å². The van der Waals surface area contributed by atoms with Gasteiger partial charge in [-0.2, -0.15) is 0 Å². The van der Waals surface area contributed by atoms with Gasteiger partial charge in [-0.3, -0.25) is 9.69 Å². The van der Waals surface area contributed by atoms with Crippen molar-refractivity contribution in [1.29, 1.82) is 0 Å². The summed E-state index contributed by atoms with van der Waals surface area (Å²) < 4.78 is 5.60. The predicted octanol–water partition coefficient (Wildman–Crippen LogP) is 3.33. The highest BCUT2D eigenvalue weighted by atomic mass is 16.3. The van der Waals surface area contributed by atoms with Crippen LogP contribution in [0.5, 0.6) is 0 Å². The summed E-state index contributed by atoms with van der Waals surface area (Å²) in [5.74, 6) is 0.860. The van der Waals surface area contributed by atoms with Crippen LogP contribution in [0, 0.1) is 0 Å². The molecule has 0 aliphatic carbocycles. The van der Waals surface area contributed by atoms with Crippen LogP contribution in [0.4, 0.5) is 0 Å². The van der Waals surface area contributed by atoms with Crippen LogP contribution in [-0.2, 0) is 0 Å². The van der Waals surface area contributed by atoms with Crippen LogP contribution in [0.2, 0.25) is 0 Å². The molecule has 1 aliphatic heterocycles. The third-order valence-electron chi connectivity index (χ3n) is 4.74. The van der Waals surface area contributed by atoms with E-state index < -0.39 is 0 Å². The highest BCUT2D eigenvalue weighted by molar-refractivity contribution is 6.06. The summed E-state index contributed by atoms with van der Waals surface area (Å²) in [5.41, 5.74) is 1.66. The standard InChI is InChI=1S/C19H21N3O2/c23-19(15-12-20-16-7-2-1-6-14(15)16)21-13-17(18-8-5-11-24-18)22-9-3-4-10-22/h1-2,5-8,11-12,17,20H,3-4,9-10,13H2,(H,21,23)/t17-/m0/s1. The number of furan rings is 1. The third kappa shape index (κ3) is 2.83. The van der Waals surface area contributed by atoms with E-state index in [0.717, 1.165) is 29.8 Å². The zero-order valence-corrected chi connectivity index (χ0v) is 13.5. The Morgan fingerprint density at radius 2 is 2.04 bits per heavy atom. The Morgan fingerprint density at radius 1 is 1.21 bits per heavy atom. The minimum absolute atomic E-state index is 0.0526. The summed E-state index contributed by atoms with van der Waals surface area (Å²) in [5, 5.41) is 4.03. The number of carbonyl (C=O) groups is 1. The lowest BCUT2D eigenvalue weighted by Crippen LogP contribution is -2.36. The molecule has 2 N–H and O–H groups in total. The number of likely N-dealkylation sites (tertiary alicyclic amines) is 1. The molecule has 5 nitrogen and oxygen atoms in total. The number of carbonyl (C=O) groups excluding carboxylic acids is 1. The zero-order chi connectivity index (χ0) is 16.4. The molecule has 3 heterocycles. The van der Waals surface area contributed by atoms with E-state index in [0.29, 0.717) is 12.1 Å². The van der Waals surface area contributed by atoms with E-state index in [1.807, 2.05) is 36.4 Å². The summed E-state index contributed by atoms with van der Waals surface area (Å²) in [6.07, 6.45) is 5.87. The average molecular weight is 323 g/mol. The Morgan fingerprint density at radius 3 is 2.83 bits per heavy atom. The molecule has 124 valence electrons. The Bertz CT molecular complexity index is 816. The first-order chi connectivity index (χ1) is 11.8. The number of hydrogen-bond acceptors (Lipinski definition) is 3. The van der Waals surface area contributed by atoms with Crippen LogP contribution in [0.25, 0.3) is 10.9 Å². The minimum atomic E-state index is -0.0526. The van der Waals surface area contributed by atoms with Gasteiger partial charge in [-0.15, -0.1) is 0 Å². The molecule has 0 bridgehead atoms. The fourth-order valence-electron chi connectivity index (χ4n) is 3.49. The lowest BCUT2D eigenvalue weighted by atomic mass is 10.1. The third-order valence-corrected chi connectivity index (χ3v) is 4.74. The van der Waals surface area contributed by atoms with Gasteiger partial charge in [-0.05, 0) is 44.1 Å². The van der Waals surface area contributed by atoms with Crippen LogP contribution in [-0.4, -0.2) is 35.4 Å². The molecule has 0 radical (unpaired) electrons. The minimum Gasteiger partial charge on any atom is -0.468 e. The normalized spacial score (nSPS) is 16.5. The van der Waals surface area contributed by atoms with Crippen molar-refractivity contribution in [2.24, 2.45) is 0 Å². The maximum atomic E-state index is 12.6.